The summed E-state index contributed by atoms with van der Waals surface area (Å²) in [7, 11) is -3.50. The van der Waals surface area contributed by atoms with Gasteiger partial charge in [-0.05, 0) is 49.2 Å². The van der Waals surface area contributed by atoms with E-state index in [1.165, 1.54) is 0 Å². The molecule has 5 rings (SSSR count). The zero-order valence-corrected chi connectivity index (χ0v) is 18.3. The smallest absolute Gasteiger partial charge is 0.243 e. The van der Waals surface area contributed by atoms with E-state index in [1.54, 1.807) is 28.6 Å². The standard InChI is InChI=1S/C25H24N2O4S/c28-25(24-20-8-2-4-10-22(20)31-23-11-5-3-9-21(23)24)26-18-12-14-19(15-13-18)32(29,30)27-16-6-1-7-17-27/h2-5,8-15,24H,1,6-7,16-17H2,(H,26,28). The summed E-state index contributed by atoms with van der Waals surface area (Å²) in [5, 5.41) is 2.95. The highest BCUT2D eigenvalue weighted by Gasteiger charge is 2.32. The fourth-order valence-corrected chi connectivity index (χ4v) is 5.89. The van der Waals surface area contributed by atoms with Crippen molar-refractivity contribution in [1.29, 1.82) is 0 Å². The molecule has 2 heterocycles. The maximum atomic E-state index is 13.3. The fourth-order valence-electron chi connectivity index (χ4n) is 4.37. The molecule has 1 saturated heterocycles. The lowest BCUT2D eigenvalue weighted by atomic mass is 9.87. The molecular formula is C25H24N2O4S. The minimum atomic E-state index is -3.50. The molecule has 0 radical (unpaired) electrons. The second-order valence-corrected chi connectivity index (χ2v) is 10.0. The van der Waals surface area contributed by atoms with Crippen LogP contribution in [-0.4, -0.2) is 31.7 Å². The van der Waals surface area contributed by atoms with Gasteiger partial charge in [0.25, 0.3) is 0 Å². The first-order valence-corrected chi connectivity index (χ1v) is 12.2. The maximum Gasteiger partial charge on any atom is 0.243 e. The Balaban J connectivity index is 1.39. The number of fused-ring (bicyclic) bond motifs is 2. The van der Waals surface area contributed by atoms with E-state index < -0.39 is 15.9 Å². The lowest BCUT2D eigenvalue weighted by molar-refractivity contribution is -0.116. The van der Waals surface area contributed by atoms with Crippen molar-refractivity contribution in [3.8, 4) is 11.5 Å². The van der Waals surface area contributed by atoms with Gasteiger partial charge >= 0.3 is 0 Å². The molecule has 7 heteroatoms. The average molecular weight is 449 g/mol. The molecule has 3 aromatic carbocycles. The highest BCUT2D eigenvalue weighted by molar-refractivity contribution is 7.89. The van der Waals surface area contributed by atoms with Gasteiger partial charge in [-0.1, -0.05) is 42.8 Å². The summed E-state index contributed by atoms with van der Waals surface area (Å²) in [6, 6.07) is 21.4. The van der Waals surface area contributed by atoms with Crippen LogP contribution >= 0.6 is 0 Å². The quantitative estimate of drug-likeness (QED) is 0.626. The van der Waals surface area contributed by atoms with Crippen molar-refractivity contribution in [2.75, 3.05) is 18.4 Å². The van der Waals surface area contributed by atoms with Gasteiger partial charge in [0, 0.05) is 29.9 Å². The molecule has 0 bridgehead atoms. The molecule has 32 heavy (non-hydrogen) atoms. The topological polar surface area (TPSA) is 75.7 Å². The highest BCUT2D eigenvalue weighted by Crippen LogP contribution is 2.44. The summed E-state index contributed by atoms with van der Waals surface area (Å²) >= 11 is 0. The molecule has 3 aromatic rings. The van der Waals surface area contributed by atoms with E-state index in [-0.39, 0.29) is 10.8 Å². The number of nitrogens with zero attached hydrogens (tertiary/aromatic N) is 1. The lowest BCUT2D eigenvalue weighted by Crippen LogP contribution is -2.35. The Labute approximate surface area is 187 Å². The Morgan fingerprint density at radius 3 is 1.97 bits per heavy atom. The van der Waals surface area contributed by atoms with Gasteiger partial charge in [0.1, 0.15) is 11.5 Å². The summed E-state index contributed by atoms with van der Waals surface area (Å²) in [4.78, 5) is 13.6. The molecule has 0 atom stereocenters. The van der Waals surface area contributed by atoms with Crippen LogP contribution in [0.15, 0.2) is 77.7 Å². The third-order valence-electron chi connectivity index (χ3n) is 6.02. The van der Waals surface area contributed by atoms with Crippen LogP contribution in [-0.2, 0) is 14.8 Å². The molecule has 164 valence electrons. The van der Waals surface area contributed by atoms with Crippen LogP contribution in [0, 0.1) is 0 Å². The van der Waals surface area contributed by atoms with E-state index in [0.717, 1.165) is 30.4 Å². The van der Waals surface area contributed by atoms with Crippen molar-refractivity contribution in [3.63, 3.8) is 0 Å². The van der Waals surface area contributed by atoms with E-state index in [0.29, 0.717) is 30.3 Å². The summed E-state index contributed by atoms with van der Waals surface area (Å²) in [6.45, 7) is 1.12. The third kappa shape index (κ3) is 3.78. The molecule has 6 nitrogen and oxygen atoms in total. The predicted octanol–water partition coefficient (Wildman–Crippen LogP) is 4.74. The van der Waals surface area contributed by atoms with Crippen molar-refractivity contribution in [2.24, 2.45) is 0 Å². The van der Waals surface area contributed by atoms with Crippen molar-refractivity contribution < 1.29 is 17.9 Å². The van der Waals surface area contributed by atoms with Gasteiger partial charge in [0.2, 0.25) is 15.9 Å². The second-order valence-electron chi connectivity index (χ2n) is 8.09. The molecule has 1 amide bonds. The largest absolute Gasteiger partial charge is 0.457 e. The molecule has 0 unspecified atom stereocenters. The SMILES string of the molecule is O=C(Nc1ccc(S(=O)(=O)N2CCCCC2)cc1)C1c2ccccc2Oc2ccccc21. The molecule has 1 fully saturated rings. The number of para-hydroxylation sites is 2. The van der Waals surface area contributed by atoms with Gasteiger partial charge in [0.05, 0.1) is 10.8 Å². The van der Waals surface area contributed by atoms with Gasteiger partial charge in [0.15, 0.2) is 0 Å². The van der Waals surface area contributed by atoms with Crippen LogP contribution in [0.5, 0.6) is 11.5 Å². The molecule has 0 saturated carbocycles. The fraction of sp³-hybridized carbons (Fsp3) is 0.240. The average Bonchev–Trinajstić information content (AvgIpc) is 2.83. The Morgan fingerprint density at radius 2 is 1.38 bits per heavy atom. The minimum absolute atomic E-state index is 0.195. The lowest BCUT2D eigenvalue weighted by Gasteiger charge is -2.27. The number of piperidine rings is 1. The van der Waals surface area contributed by atoms with Crippen molar-refractivity contribution in [2.45, 2.75) is 30.1 Å². The van der Waals surface area contributed by atoms with Crippen LogP contribution in [0.1, 0.15) is 36.3 Å². The van der Waals surface area contributed by atoms with Gasteiger partial charge in [-0.15, -0.1) is 0 Å². The van der Waals surface area contributed by atoms with Crippen LogP contribution < -0.4 is 10.1 Å². The number of nitrogens with one attached hydrogen (secondary N) is 1. The zero-order valence-electron chi connectivity index (χ0n) is 17.5. The first-order valence-electron chi connectivity index (χ1n) is 10.8. The van der Waals surface area contributed by atoms with Crippen molar-refractivity contribution in [3.05, 3.63) is 83.9 Å². The predicted molar refractivity (Wildman–Crippen MR) is 122 cm³/mol. The molecule has 2 aliphatic rings. The van der Waals surface area contributed by atoms with Gasteiger partial charge in [-0.2, -0.15) is 4.31 Å². The van der Waals surface area contributed by atoms with E-state index >= 15 is 0 Å². The first-order chi connectivity index (χ1) is 15.5. The normalized spacial score (nSPS) is 16.5. The van der Waals surface area contributed by atoms with Crippen molar-refractivity contribution in [1.82, 2.24) is 4.31 Å². The number of hydrogen-bond donors (Lipinski definition) is 1. The van der Waals surface area contributed by atoms with Gasteiger partial charge in [-0.3, -0.25) is 4.79 Å². The molecular weight excluding hydrogens is 424 g/mol. The van der Waals surface area contributed by atoms with Crippen LogP contribution in [0.3, 0.4) is 0 Å². The minimum Gasteiger partial charge on any atom is -0.457 e. The third-order valence-corrected chi connectivity index (χ3v) is 7.93. The van der Waals surface area contributed by atoms with E-state index in [2.05, 4.69) is 5.32 Å². The maximum absolute atomic E-state index is 13.3. The van der Waals surface area contributed by atoms with E-state index in [9.17, 15) is 13.2 Å². The first kappa shape index (κ1) is 20.7. The monoisotopic (exact) mass is 448 g/mol. The molecule has 1 N–H and O–H groups in total. The summed E-state index contributed by atoms with van der Waals surface area (Å²) in [6.07, 6.45) is 2.85. The Kier molecular flexibility index (Phi) is 5.45. The van der Waals surface area contributed by atoms with Crippen molar-refractivity contribution >= 4 is 21.6 Å². The van der Waals surface area contributed by atoms with Crippen LogP contribution in [0.2, 0.25) is 0 Å². The molecule has 2 aliphatic heterocycles. The number of benzene rings is 3. The summed E-state index contributed by atoms with van der Waals surface area (Å²) < 4.78 is 33.2. The number of hydrogen-bond acceptors (Lipinski definition) is 4. The number of carbonyl (C=O) groups excluding carboxylic acids is 1. The van der Waals surface area contributed by atoms with Gasteiger partial charge < -0.3 is 10.1 Å². The van der Waals surface area contributed by atoms with E-state index in [1.807, 2.05) is 48.5 Å². The van der Waals surface area contributed by atoms with Gasteiger partial charge in [-0.25, -0.2) is 8.42 Å². The second kappa shape index (κ2) is 8.41. The zero-order chi connectivity index (χ0) is 22.1. The molecule has 0 aromatic heterocycles. The molecule has 0 spiro atoms. The van der Waals surface area contributed by atoms with Crippen LogP contribution in [0.25, 0.3) is 0 Å². The Hall–Kier alpha value is -3.16. The van der Waals surface area contributed by atoms with Crippen LogP contribution in [0.4, 0.5) is 5.69 Å². The number of amides is 1. The summed E-state index contributed by atoms with van der Waals surface area (Å²) in [5.41, 5.74) is 2.15. The number of rotatable bonds is 4. The highest BCUT2D eigenvalue weighted by atomic mass is 32.2. The Bertz CT molecular complexity index is 1200. The number of carbonyl (C=O) groups is 1. The van der Waals surface area contributed by atoms with E-state index in [4.69, 9.17) is 4.74 Å². The number of sulfonamides is 1. The number of anilines is 1. The Morgan fingerprint density at radius 1 is 0.812 bits per heavy atom. The molecule has 0 aliphatic carbocycles. The summed E-state index contributed by atoms with van der Waals surface area (Å²) in [5.74, 6) is 0.608. The number of ether oxygens (including phenoxy) is 1.